The number of ether oxygens (including phenoxy) is 4. The quantitative estimate of drug-likeness (QED) is 0.0531. The van der Waals surface area contributed by atoms with E-state index in [1.54, 1.807) is 9.80 Å². The lowest BCUT2D eigenvalue weighted by Crippen LogP contribution is -2.62. The number of hydrogen-bond donors (Lipinski definition) is 9. The Morgan fingerprint density at radius 2 is 0.953 bits per heavy atom. The van der Waals surface area contributed by atoms with Gasteiger partial charge in [-0.05, 0) is 47.5 Å². The fourth-order valence-corrected chi connectivity index (χ4v) is 9.02. The van der Waals surface area contributed by atoms with Crippen molar-refractivity contribution < 1.29 is 91.6 Å². The van der Waals surface area contributed by atoms with Crippen molar-refractivity contribution in [3.05, 3.63) is 130 Å². The van der Waals surface area contributed by atoms with Crippen molar-refractivity contribution >= 4 is 58.8 Å². The molecule has 4 heterocycles. The zero-order chi connectivity index (χ0) is 61.7. The number of nitrogens with zero attached hydrogens (tertiary/aromatic N) is 2. The fraction of sp³-hybridized carbons (Fsp3) is 0.400. The summed E-state index contributed by atoms with van der Waals surface area (Å²) in [6.45, 7) is 2.31. The number of halogens is 2. The molecular formula is C60H66F2N6O17. The number of amides is 5. The Kier molecular flexibility index (Phi) is 24.5. The van der Waals surface area contributed by atoms with Crippen LogP contribution in [0.5, 0.6) is 0 Å². The maximum absolute atomic E-state index is 14.5. The average molecular weight is 1180 g/mol. The van der Waals surface area contributed by atoms with Crippen LogP contribution in [0.15, 0.2) is 97.1 Å². The Labute approximate surface area is 487 Å². The lowest BCUT2D eigenvalue weighted by Gasteiger charge is -2.39. The lowest BCUT2D eigenvalue weighted by atomic mass is 9.98. The van der Waals surface area contributed by atoms with Crippen LogP contribution in [-0.4, -0.2) is 161 Å². The van der Waals surface area contributed by atoms with E-state index in [1.807, 2.05) is 97.1 Å². The first-order chi connectivity index (χ1) is 40.6. The van der Waals surface area contributed by atoms with E-state index in [0.717, 1.165) is 52.9 Å². The van der Waals surface area contributed by atoms with Crippen molar-refractivity contribution in [3.63, 3.8) is 0 Å². The minimum Gasteiger partial charge on any atom is -0.481 e. The first-order valence-electron chi connectivity index (χ1n) is 27.0. The smallest absolute Gasteiger partial charge is 0.306 e. The van der Waals surface area contributed by atoms with Crippen LogP contribution in [0.1, 0.15) is 85.8 Å². The van der Waals surface area contributed by atoms with Crippen LogP contribution in [0.25, 0.3) is 0 Å². The van der Waals surface area contributed by atoms with Crippen LogP contribution in [0, 0.1) is 23.7 Å². The Morgan fingerprint density at radius 3 is 1.38 bits per heavy atom. The molecule has 452 valence electrons. The molecule has 2 saturated heterocycles. The van der Waals surface area contributed by atoms with Crippen LogP contribution < -0.4 is 31.5 Å². The van der Waals surface area contributed by atoms with Gasteiger partial charge in [-0.1, -0.05) is 84.3 Å². The topological polar surface area (TPSA) is 343 Å². The highest BCUT2D eigenvalue weighted by Gasteiger charge is 2.47. The molecule has 4 aliphatic rings. The van der Waals surface area contributed by atoms with Gasteiger partial charge in [0.1, 0.15) is 49.7 Å². The number of benzene rings is 4. The Bertz CT molecular complexity index is 3180. The predicted octanol–water partition coefficient (Wildman–Crippen LogP) is 1.28. The monoisotopic (exact) mass is 1180 g/mol. The molecule has 8 rings (SSSR count). The Hall–Kier alpha value is -8.66. The maximum Gasteiger partial charge on any atom is 0.306 e. The number of rotatable bonds is 17. The number of carbonyl (C=O) groups excluding carboxylic acids is 7. The van der Waals surface area contributed by atoms with E-state index in [-0.39, 0.29) is 37.6 Å². The number of nitrogens with two attached hydrogens (primary N) is 1. The molecule has 4 aliphatic heterocycles. The number of carbonyl (C=O) groups is 8. The number of hydrogen-bond acceptors (Lipinski definition) is 17. The highest BCUT2D eigenvalue weighted by atomic mass is 19.1. The number of esters is 2. The van der Waals surface area contributed by atoms with Crippen molar-refractivity contribution in [1.29, 1.82) is 0 Å². The van der Waals surface area contributed by atoms with Crippen molar-refractivity contribution in [2.45, 2.75) is 127 Å². The number of para-hydroxylation sites is 2. The zero-order valence-electron chi connectivity index (χ0n) is 46.4. The molecule has 0 spiro atoms. The molecule has 2 fully saturated rings. The molecule has 4 aromatic carbocycles. The van der Waals surface area contributed by atoms with E-state index in [0.29, 0.717) is 31.7 Å². The summed E-state index contributed by atoms with van der Waals surface area (Å²) in [5.74, 6) is 7.95. The van der Waals surface area contributed by atoms with E-state index in [2.05, 4.69) is 44.4 Å². The number of carboxylic acid groups (broad SMARTS) is 1. The summed E-state index contributed by atoms with van der Waals surface area (Å²) in [5, 5.41) is 54.7. The van der Waals surface area contributed by atoms with Gasteiger partial charge in [0, 0.05) is 68.5 Å². The molecule has 5 amide bonds. The van der Waals surface area contributed by atoms with Crippen molar-refractivity contribution in [3.8, 4) is 23.7 Å². The zero-order valence-corrected chi connectivity index (χ0v) is 46.4. The normalized spacial score (nSPS) is 22.4. The van der Waals surface area contributed by atoms with Crippen LogP contribution in [0.2, 0.25) is 0 Å². The molecule has 25 heteroatoms. The van der Waals surface area contributed by atoms with Gasteiger partial charge < -0.3 is 76.0 Å². The first kappa shape index (κ1) is 65.5. The van der Waals surface area contributed by atoms with Crippen LogP contribution in [0.4, 0.5) is 20.2 Å². The number of aliphatic hydroxyl groups excluding tert-OH is 4. The Balaban J connectivity index is 0.000000226. The van der Waals surface area contributed by atoms with E-state index in [4.69, 9.17) is 25.1 Å². The molecule has 10 N–H and O–H groups in total. The van der Waals surface area contributed by atoms with E-state index in [9.17, 15) is 67.6 Å². The SMILES string of the molecule is CC(=O)N[C@H]1C(O)O[C@H](COC(=O)CCC(=O)NCCC(=O)N2Cc3ccccc3C#Cc3ccccc32)[C@@H](F)[C@@H]1O.CC(=O)N[C@H]1C(O)O[C@H](COC(=O)CCC(=O)O)[C@@H](F)[C@@H]1O.NCCC(=O)N1Cc2ccccc2C#Cc2ccccc21. The number of anilines is 2. The van der Waals surface area contributed by atoms with Crippen molar-refractivity contribution in [2.24, 2.45) is 5.73 Å². The van der Waals surface area contributed by atoms with Gasteiger partial charge in [-0.2, -0.15) is 0 Å². The molecule has 2 unspecified atom stereocenters. The van der Waals surface area contributed by atoms with Gasteiger partial charge in [0.15, 0.2) is 24.9 Å². The molecule has 4 aromatic rings. The second-order valence-electron chi connectivity index (χ2n) is 19.7. The molecule has 85 heavy (non-hydrogen) atoms. The summed E-state index contributed by atoms with van der Waals surface area (Å²) in [7, 11) is 0. The Morgan fingerprint density at radius 1 is 0.565 bits per heavy atom. The van der Waals surface area contributed by atoms with Gasteiger partial charge in [0.25, 0.3) is 0 Å². The first-order valence-corrected chi connectivity index (χ1v) is 27.0. The average Bonchev–Trinajstić information content (AvgIpc) is 3.68. The number of aliphatic carboxylic acids is 1. The number of carboxylic acids is 1. The van der Waals surface area contributed by atoms with Crippen molar-refractivity contribution in [1.82, 2.24) is 16.0 Å². The summed E-state index contributed by atoms with van der Waals surface area (Å²) in [6, 6.07) is 27.9. The fourth-order valence-electron chi connectivity index (χ4n) is 9.02. The van der Waals surface area contributed by atoms with Gasteiger partial charge in [0.05, 0.1) is 43.7 Å². The van der Waals surface area contributed by atoms with Gasteiger partial charge in [-0.15, -0.1) is 0 Å². The number of fused-ring (bicyclic) bond motifs is 4. The molecule has 0 aliphatic carbocycles. The molecule has 23 nitrogen and oxygen atoms in total. The number of nitrogens with one attached hydrogen (secondary N) is 3. The van der Waals surface area contributed by atoms with Gasteiger partial charge in [-0.3, -0.25) is 38.4 Å². The van der Waals surface area contributed by atoms with Crippen LogP contribution >= 0.6 is 0 Å². The number of alkyl halides is 2. The van der Waals surface area contributed by atoms with Gasteiger partial charge in [0.2, 0.25) is 29.5 Å². The second-order valence-corrected chi connectivity index (χ2v) is 19.7. The molecule has 0 radical (unpaired) electrons. The van der Waals surface area contributed by atoms with E-state index in [1.165, 1.54) is 0 Å². The molecular weight excluding hydrogens is 1110 g/mol. The summed E-state index contributed by atoms with van der Waals surface area (Å²) in [4.78, 5) is 97.1. The molecule has 0 saturated carbocycles. The third kappa shape index (κ3) is 18.9. The number of aliphatic hydroxyl groups is 4. The third-order valence-electron chi connectivity index (χ3n) is 13.4. The largest absolute Gasteiger partial charge is 0.481 e. The third-order valence-corrected chi connectivity index (χ3v) is 13.4. The van der Waals surface area contributed by atoms with E-state index < -0.39 is 123 Å². The second kappa shape index (κ2) is 31.8. The minimum absolute atomic E-state index is 0.0150. The molecule has 10 atom stereocenters. The van der Waals surface area contributed by atoms with Crippen LogP contribution in [0.3, 0.4) is 0 Å². The summed E-state index contributed by atoms with van der Waals surface area (Å²) < 4.78 is 48.0. The summed E-state index contributed by atoms with van der Waals surface area (Å²) >= 11 is 0. The van der Waals surface area contributed by atoms with Crippen molar-refractivity contribution in [2.75, 3.05) is 36.1 Å². The van der Waals surface area contributed by atoms with Gasteiger partial charge >= 0.3 is 17.9 Å². The summed E-state index contributed by atoms with van der Waals surface area (Å²) in [5.41, 5.74) is 12.5. The molecule has 0 bridgehead atoms. The van der Waals surface area contributed by atoms with E-state index >= 15 is 0 Å². The minimum atomic E-state index is -2.04. The lowest BCUT2D eigenvalue weighted by molar-refractivity contribution is -0.242. The highest BCUT2D eigenvalue weighted by molar-refractivity contribution is 5.96. The maximum atomic E-state index is 14.5. The standard InChI is InChI=1S/C30H32FN3O8.C18H16N2O.C12H18FNO8/c1-18(35)33-28-29(39)27(31)23(42-30(28)40)17-41-26(38)13-12-24(36)32-15-14-25(37)34-16-21-8-3-2-6-19(21)10-11-20-7-4-5-9-22(20)34;19-12-11-18(21)20-13-16-7-2-1-5-14(16)9-10-15-6-3-4-8-17(15)20;1-5(15)14-10-11(19)9(13)6(22-12(10)20)4-21-8(18)3-2-7(16)17/h2-9,23,27-30,39-40H,12-17H2,1H3,(H,32,36)(H,33,35);1-8H,11-13,19H2;6,9-12,19-20H,2-4H2,1H3,(H,14,15)(H,16,17)/t23-,27-,28-,29+,30?;;6-,9-,10-,11+,12?/m1.1/s1. The molecule has 0 aromatic heterocycles. The predicted molar refractivity (Wildman–Crippen MR) is 298 cm³/mol. The summed E-state index contributed by atoms with van der Waals surface area (Å²) in [6.07, 6.45) is -14.9. The van der Waals surface area contributed by atoms with Gasteiger partial charge in [-0.25, -0.2) is 8.78 Å². The highest BCUT2D eigenvalue weighted by Crippen LogP contribution is 2.29. The van der Waals surface area contributed by atoms with Crippen LogP contribution in [-0.2, 0) is 70.4 Å².